The molecular formula is C26H31N5O4. The van der Waals surface area contributed by atoms with Crippen molar-refractivity contribution < 1.29 is 14.3 Å². The number of aromatic nitrogens is 4. The molecule has 3 aromatic heterocycles. The van der Waals surface area contributed by atoms with Gasteiger partial charge < -0.3 is 19.4 Å². The summed E-state index contributed by atoms with van der Waals surface area (Å²) < 4.78 is 15.2. The quantitative estimate of drug-likeness (QED) is 0.577. The Morgan fingerprint density at radius 3 is 2.77 bits per heavy atom. The first kappa shape index (κ1) is 22.3. The number of rotatable bonds is 6. The lowest BCUT2D eigenvalue weighted by molar-refractivity contribution is 0.0147. The van der Waals surface area contributed by atoms with Crippen LogP contribution >= 0.6 is 0 Å². The summed E-state index contributed by atoms with van der Waals surface area (Å²) in [5.41, 5.74) is 1.56. The molecule has 2 saturated carbocycles. The summed E-state index contributed by atoms with van der Waals surface area (Å²) in [4.78, 5) is 35.7. The summed E-state index contributed by atoms with van der Waals surface area (Å²) in [5, 5.41) is 2.80. The van der Waals surface area contributed by atoms with E-state index in [0.29, 0.717) is 17.8 Å². The van der Waals surface area contributed by atoms with E-state index in [1.165, 1.54) is 12.8 Å². The first-order chi connectivity index (χ1) is 16.8. The van der Waals surface area contributed by atoms with Crippen LogP contribution < -0.4 is 15.6 Å². The van der Waals surface area contributed by atoms with Crippen molar-refractivity contribution in [3.05, 3.63) is 52.3 Å². The molecule has 1 saturated heterocycles. The lowest BCUT2D eigenvalue weighted by Crippen LogP contribution is -2.26. The number of hydrogen-bond acceptors (Lipinski definition) is 6. The summed E-state index contributed by atoms with van der Waals surface area (Å²) in [5.74, 6) is 0.425. The van der Waals surface area contributed by atoms with Gasteiger partial charge in [-0.3, -0.25) is 14.0 Å². The number of ether oxygens (including phenoxy) is 2. The molecule has 2 aliphatic carbocycles. The highest BCUT2D eigenvalue weighted by molar-refractivity contribution is 6.05. The molecule has 4 heterocycles. The number of anilines is 1. The van der Waals surface area contributed by atoms with Gasteiger partial charge in [0, 0.05) is 30.6 Å². The molecule has 35 heavy (non-hydrogen) atoms. The van der Waals surface area contributed by atoms with Gasteiger partial charge in [0.2, 0.25) is 11.7 Å². The average Bonchev–Trinajstić information content (AvgIpc) is 3.71. The molecule has 1 N–H and O–H groups in total. The zero-order chi connectivity index (χ0) is 24.3. The highest BCUT2D eigenvalue weighted by Gasteiger charge is 2.64. The van der Waals surface area contributed by atoms with Crippen LogP contribution in [0.15, 0.2) is 35.5 Å². The van der Waals surface area contributed by atoms with Gasteiger partial charge in [-0.25, -0.2) is 4.98 Å². The van der Waals surface area contributed by atoms with E-state index in [1.54, 1.807) is 21.2 Å². The Labute approximate surface area is 203 Å². The van der Waals surface area contributed by atoms with Gasteiger partial charge in [-0.05, 0) is 70.4 Å². The highest BCUT2D eigenvalue weighted by Crippen LogP contribution is 2.72. The van der Waals surface area contributed by atoms with Crippen LogP contribution in [0.2, 0.25) is 0 Å². The molecular weight excluding hydrogens is 446 g/mol. The van der Waals surface area contributed by atoms with Gasteiger partial charge in [0.25, 0.3) is 11.5 Å². The summed E-state index contributed by atoms with van der Waals surface area (Å²) in [7, 11) is 0. The average molecular weight is 478 g/mol. The zero-order valence-corrected chi connectivity index (χ0v) is 20.4. The van der Waals surface area contributed by atoms with Gasteiger partial charge in [0.15, 0.2) is 0 Å². The predicted octanol–water partition coefficient (Wildman–Crippen LogP) is 3.94. The van der Waals surface area contributed by atoms with E-state index in [4.69, 9.17) is 14.5 Å². The number of hydrogen-bond donors (Lipinski definition) is 1. The Morgan fingerprint density at radius 1 is 1.26 bits per heavy atom. The van der Waals surface area contributed by atoms with Gasteiger partial charge in [-0.2, -0.15) is 4.98 Å². The minimum Gasteiger partial charge on any atom is -0.474 e. The van der Waals surface area contributed by atoms with Crippen molar-refractivity contribution in [3.63, 3.8) is 0 Å². The third-order valence-electron chi connectivity index (χ3n) is 7.54. The van der Waals surface area contributed by atoms with Crippen molar-refractivity contribution in [3.8, 4) is 5.88 Å². The molecule has 0 aromatic carbocycles. The van der Waals surface area contributed by atoms with Crippen molar-refractivity contribution in [1.29, 1.82) is 0 Å². The van der Waals surface area contributed by atoms with E-state index in [1.807, 2.05) is 32.3 Å². The van der Waals surface area contributed by atoms with Crippen LogP contribution in [0, 0.1) is 5.41 Å². The predicted molar refractivity (Wildman–Crippen MR) is 130 cm³/mol. The largest absolute Gasteiger partial charge is 0.474 e. The van der Waals surface area contributed by atoms with Crippen molar-refractivity contribution in [2.75, 3.05) is 11.9 Å². The van der Waals surface area contributed by atoms with E-state index in [9.17, 15) is 9.59 Å². The van der Waals surface area contributed by atoms with E-state index in [2.05, 4.69) is 17.2 Å². The Hall–Kier alpha value is -3.20. The number of pyridine rings is 1. The second-order valence-corrected chi connectivity index (χ2v) is 10.6. The number of carbonyl (C=O) groups excluding carboxylic acids is 1. The maximum atomic E-state index is 13.4. The monoisotopic (exact) mass is 477 g/mol. The van der Waals surface area contributed by atoms with Crippen LogP contribution in [-0.2, 0) is 4.74 Å². The first-order valence-electron chi connectivity index (χ1n) is 12.5. The summed E-state index contributed by atoms with van der Waals surface area (Å²) in [6, 6.07) is 3.71. The van der Waals surface area contributed by atoms with Gasteiger partial charge in [-0.1, -0.05) is 0 Å². The fourth-order valence-electron chi connectivity index (χ4n) is 5.16. The second kappa shape index (κ2) is 8.19. The van der Waals surface area contributed by atoms with Crippen LogP contribution in [0.4, 0.5) is 5.69 Å². The smallest absolute Gasteiger partial charge is 0.274 e. The van der Waals surface area contributed by atoms with Crippen LogP contribution in [0.5, 0.6) is 5.88 Å². The van der Waals surface area contributed by atoms with E-state index in [0.717, 1.165) is 25.0 Å². The number of nitrogens with one attached hydrogen (secondary N) is 1. The van der Waals surface area contributed by atoms with Crippen molar-refractivity contribution >= 4 is 17.4 Å². The lowest BCUT2D eigenvalue weighted by atomic mass is 9.96. The molecule has 1 aliphatic heterocycles. The molecule has 0 radical (unpaired) electrons. The number of carbonyl (C=O) groups is 1. The van der Waals surface area contributed by atoms with Crippen molar-refractivity contribution in [2.24, 2.45) is 5.41 Å². The summed E-state index contributed by atoms with van der Waals surface area (Å²) >= 11 is 0. The highest BCUT2D eigenvalue weighted by atomic mass is 16.5. The maximum absolute atomic E-state index is 13.4. The SMILES string of the molecule is CC(C)Oc1nc2nc(C3CCC(C)OC3)cn2cc1C(=O)Nc1cccn(C2CC23CC3)c1=O. The normalized spacial score (nSPS) is 24.6. The van der Waals surface area contributed by atoms with Crippen molar-refractivity contribution in [2.45, 2.75) is 77.0 Å². The van der Waals surface area contributed by atoms with E-state index < -0.39 is 5.91 Å². The number of nitrogens with zero attached hydrogens (tertiary/aromatic N) is 4. The van der Waals surface area contributed by atoms with Gasteiger partial charge in [0.05, 0.1) is 24.5 Å². The topological polar surface area (TPSA) is 99.8 Å². The Balaban J connectivity index is 1.30. The molecule has 3 atom stereocenters. The Morgan fingerprint density at radius 2 is 2.09 bits per heavy atom. The Kier molecular flexibility index (Phi) is 5.21. The third kappa shape index (κ3) is 4.11. The van der Waals surface area contributed by atoms with E-state index >= 15 is 0 Å². The summed E-state index contributed by atoms with van der Waals surface area (Å²) in [6.07, 6.45) is 10.9. The van der Waals surface area contributed by atoms with E-state index in [-0.39, 0.29) is 46.9 Å². The molecule has 0 bridgehead atoms. The minimum atomic E-state index is -0.438. The molecule has 3 fully saturated rings. The molecule has 3 aromatic rings. The molecule has 3 aliphatic rings. The fraction of sp³-hybridized carbons (Fsp3) is 0.538. The van der Waals surface area contributed by atoms with Crippen LogP contribution in [0.25, 0.3) is 5.78 Å². The maximum Gasteiger partial charge on any atom is 0.274 e. The second-order valence-electron chi connectivity index (χ2n) is 10.6. The number of fused-ring (bicyclic) bond motifs is 1. The third-order valence-corrected chi connectivity index (χ3v) is 7.54. The molecule has 1 spiro atoms. The standard InChI is InChI=1S/C26H31N5O4/c1-15(2)35-23-18(12-30-13-20(28-25(30)29-23)17-7-6-16(3)34-14-17)22(32)27-19-5-4-10-31(24(19)33)21-11-26(21)8-9-26/h4-5,10,12-13,15-17,21H,6-9,11,14H2,1-3H3,(H,27,32). The lowest BCUT2D eigenvalue weighted by Gasteiger charge is -2.25. The molecule has 6 rings (SSSR count). The van der Waals surface area contributed by atoms with Crippen molar-refractivity contribution in [1.82, 2.24) is 18.9 Å². The molecule has 9 nitrogen and oxygen atoms in total. The summed E-state index contributed by atoms with van der Waals surface area (Å²) in [6.45, 7) is 6.46. The zero-order valence-electron chi connectivity index (χ0n) is 20.4. The van der Waals surface area contributed by atoms with Crippen LogP contribution in [-0.4, -0.2) is 43.7 Å². The number of imidazole rings is 1. The fourth-order valence-corrected chi connectivity index (χ4v) is 5.16. The molecule has 3 unspecified atom stereocenters. The van der Waals surface area contributed by atoms with Crippen LogP contribution in [0.1, 0.15) is 80.9 Å². The minimum absolute atomic E-state index is 0.175. The van der Waals surface area contributed by atoms with Gasteiger partial charge >= 0.3 is 0 Å². The first-order valence-corrected chi connectivity index (χ1v) is 12.5. The van der Waals surface area contributed by atoms with Gasteiger partial charge in [-0.15, -0.1) is 0 Å². The molecule has 1 amide bonds. The van der Waals surface area contributed by atoms with Crippen LogP contribution in [0.3, 0.4) is 0 Å². The molecule has 9 heteroatoms. The molecule has 184 valence electrons. The van der Waals surface area contributed by atoms with Gasteiger partial charge in [0.1, 0.15) is 11.3 Å². The number of amides is 1. The Bertz CT molecular complexity index is 1350.